The summed E-state index contributed by atoms with van der Waals surface area (Å²) >= 11 is 0. The Morgan fingerprint density at radius 1 is 1.09 bits per heavy atom. The quantitative estimate of drug-likeness (QED) is 0.391. The molecule has 0 aliphatic carbocycles. The van der Waals surface area contributed by atoms with Gasteiger partial charge in [-0.25, -0.2) is 0 Å². The van der Waals surface area contributed by atoms with E-state index in [0.717, 1.165) is 10.9 Å². The number of primary amides is 1. The van der Waals surface area contributed by atoms with Crippen molar-refractivity contribution < 1.29 is 23.9 Å². The van der Waals surface area contributed by atoms with E-state index in [1.807, 2.05) is 19.9 Å². The Morgan fingerprint density at radius 2 is 1.79 bits per heavy atom. The molecule has 0 saturated heterocycles. The molecular weight excluding hydrogens is 424 g/mol. The summed E-state index contributed by atoms with van der Waals surface area (Å²) < 4.78 is 5.31. The Hall–Kier alpha value is -3.49. The van der Waals surface area contributed by atoms with Gasteiger partial charge in [-0.2, -0.15) is 0 Å². The highest BCUT2D eigenvalue weighted by Crippen LogP contribution is 2.18. The summed E-state index contributed by atoms with van der Waals surface area (Å²) in [4.78, 5) is 54.3. The van der Waals surface area contributed by atoms with Gasteiger partial charge in [-0.3, -0.25) is 24.2 Å². The maximum atomic E-state index is 13.0. The molecule has 9 heteroatoms. The third-order valence-electron chi connectivity index (χ3n) is 4.66. The number of ether oxygens (including phenoxy) is 1. The van der Waals surface area contributed by atoms with Gasteiger partial charge < -0.3 is 21.1 Å². The van der Waals surface area contributed by atoms with E-state index >= 15 is 0 Å². The van der Waals surface area contributed by atoms with Crippen LogP contribution >= 0.6 is 0 Å². The number of aromatic nitrogens is 1. The van der Waals surface area contributed by atoms with Crippen molar-refractivity contribution in [3.63, 3.8) is 0 Å². The van der Waals surface area contributed by atoms with Crippen molar-refractivity contribution in [3.05, 3.63) is 36.5 Å². The van der Waals surface area contributed by atoms with Crippen molar-refractivity contribution in [2.24, 2.45) is 17.6 Å². The number of carbonyl (C=O) groups excluding carboxylic acids is 4. The molecule has 0 saturated carbocycles. The average molecular weight is 457 g/mol. The molecule has 1 aromatic heterocycles. The first-order valence-electron chi connectivity index (χ1n) is 10.8. The van der Waals surface area contributed by atoms with Crippen LogP contribution in [-0.2, 0) is 23.9 Å². The second-order valence-electron chi connectivity index (χ2n) is 9.34. The SMILES string of the molecule is CC(C)C[C@@H](C(N)=O)C(=O)N[C@@H](CC(=O)OC(C)(C)C)C(=O)Nc1ccc2ncccc2c1. The second kappa shape index (κ2) is 10.9. The van der Waals surface area contributed by atoms with E-state index in [0.29, 0.717) is 5.69 Å². The van der Waals surface area contributed by atoms with E-state index in [4.69, 9.17) is 10.5 Å². The highest BCUT2D eigenvalue weighted by molar-refractivity contribution is 6.04. The Kier molecular flexibility index (Phi) is 8.50. The van der Waals surface area contributed by atoms with E-state index in [9.17, 15) is 19.2 Å². The molecule has 2 rings (SSSR count). The fourth-order valence-corrected chi connectivity index (χ4v) is 3.24. The minimum Gasteiger partial charge on any atom is -0.460 e. The minimum absolute atomic E-state index is 0.0255. The summed E-state index contributed by atoms with van der Waals surface area (Å²) in [6, 6.07) is 7.52. The van der Waals surface area contributed by atoms with Crippen molar-refractivity contribution in [1.29, 1.82) is 0 Å². The van der Waals surface area contributed by atoms with Crippen LogP contribution in [0.1, 0.15) is 47.5 Å². The molecule has 3 amide bonds. The number of benzene rings is 1. The smallest absolute Gasteiger partial charge is 0.308 e. The molecule has 0 aliphatic heterocycles. The zero-order valence-corrected chi connectivity index (χ0v) is 19.7. The number of amides is 3. The van der Waals surface area contributed by atoms with E-state index in [1.165, 1.54) is 0 Å². The summed E-state index contributed by atoms with van der Waals surface area (Å²) in [5.74, 6) is -3.87. The van der Waals surface area contributed by atoms with Crippen LogP contribution < -0.4 is 16.4 Å². The third-order valence-corrected chi connectivity index (χ3v) is 4.66. The first-order valence-corrected chi connectivity index (χ1v) is 10.8. The van der Waals surface area contributed by atoms with E-state index in [1.54, 1.807) is 51.2 Å². The third kappa shape index (κ3) is 8.17. The molecule has 0 radical (unpaired) electrons. The van der Waals surface area contributed by atoms with Crippen molar-refractivity contribution >= 4 is 40.3 Å². The Morgan fingerprint density at radius 3 is 2.39 bits per heavy atom. The molecule has 178 valence electrons. The fourth-order valence-electron chi connectivity index (χ4n) is 3.24. The van der Waals surface area contributed by atoms with Crippen LogP contribution in [0.15, 0.2) is 36.5 Å². The number of nitrogens with two attached hydrogens (primary N) is 1. The number of fused-ring (bicyclic) bond motifs is 1. The molecule has 2 atom stereocenters. The molecule has 33 heavy (non-hydrogen) atoms. The topological polar surface area (TPSA) is 140 Å². The minimum atomic E-state index is -1.26. The average Bonchev–Trinajstić information content (AvgIpc) is 2.69. The molecule has 0 spiro atoms. The molecule has 2 aromatic rings. The van der Waals surface area contributed by atoms with E-state index in [-0.39, 0.29) is 12.3 Å². The summed E-state index contributed by atoms with van der Waals surface area (Å²) in [5, 5.41) is 6.04. The number of esters is 1. The largest absolute Gasteiger partial charge is 0.460 e. The molecule has 0 unspecified atom stereocenters. The van der Waals surface area contributed by atoms with Crippen LogP contribution in [0.4, 0.5) is 5.69 Å². The van der Waals surface area contributed by atoms with Crippen molar-refractivity contribution in [2.75, 3.05) is 5.32 Å². The number of nitrogens with zero attached hydrogens (tertiary/aromatic N) is 1. The van der Waals surface area contributed by atoms with Crippen LogP contribution in [0.3, 0.4) is 0 Å². The maximum absolute atomic E-state index is 13.0. The highest BCUT2D eigenvalue weighted by atomic mass is 16.6. The lowest BCUT2D eigenvalue weighted by atomic mass is 9.95. The molecule has 0 aliphatic rings. The lowest BCUT2D eigenvalue weighted by molar-refractivity contribution is -0.156. The number of rotatable bonds is 9. The Bertz CT molecular complexity index is 1030. The molecular formula is C24H32N4O5. The summed E-state index contributed by atoms with van der Waals surface area (Å²) in [6.45, 7) is 8.81. The van der Waals surface area contributed by atoms with Gasteiger partial charge in [0.2, 0.25) is 17.7 Å². The first-order chi connectivity index (χ1) is 15.4. The summed E-state index contributed by atoms with van der Waals surface area (Å²) in [5.41, 5.74) is 5.86. The molecule has 0 fully saturated rings. The fraction of sp³-hybridized carbons (Fsp3) is 0.458. The van der Waals surface area contributed by atoms with Crippen molar-refractivity contribution in [1.82, 2.24) is 10.3 Å². The van der Waals surface area contributed by atoms with Crippen LogP contribution in [-0.4, -0.2) is 40.3 Å². The lowest BCUT2D eigenvalue weighted by Gasteiger charge is -2.24. The van der Waals surface area contributed by atoms with Gasteiger partial charge in [-0.05, 0) is 57.4 Å². The van der Waals surface area contributed by atoms with Crippen LogP contribution in [0, 0.1) is 11.8 Å². The summed E-state index contributed by atoms with van der Waals surface area (Å²) in [7, 11) is 0. The normalized spacial score (nSPS) is 13.3. The molecule has 1 heterocycles. The highest BCUT2D eigenvalue weighted by Gasteiger charge is 2.32. The van der Waals surface area contributed by atoms with Gasteiger partial charge in [0.05, 0.1) is 11.9 Å². The van der Waals surface area contributed by atoms with Crippen LogP contribution in [0.2, 0.25) is 0 Å². The van der Waals surface area contributed by atoms with Crippen molar-refractivity contribution in [3.8, 4) is 0 Å². The van der Waals surface area contributed by atoms with Gasteiger partial charge in [0.25, 0.3) is 0 Å². The molecule has 1 aromatic carbocycles. The number of anilines is 1. The van der Waals surface area contributed by atoms with Gasteiger partial charge in [0, 0.05) is 17.3 Å². The Balaban J connectivity index is 2.23. The van der Waals surface area contributed by atoms with Crippen molar-refractivity contribution in [2.45, 2.75) is 59.1 Å². The zero-order valence-electron chi connectivity index (χ0n) is 19.7. The van der Waals surface area contributed by atoms with Crippen LogP contribution in [0.25, 0.3) is 10.9 Å². The van der Waals surface area contributed by atoms with Gasteiger partial charge in [0.1, 0.15) is 17.6 Å². The summed E-state index contributed by atoms with van der Waals surface area (Å²) in [6.07, 6.45) is 1.48. The van der Waals surface area contributed by atoms with E-state index < -0.39 is 47.7 Å². The van der Waals surface area contributed by atoms with Gasteiger partial charge >= 0.3 is 5.97 Å². The van der Waals surface area contributed by atoms with Gasteiger partial charge in [0.15, 0.2) is 0 Å². The maximum Gasteiger partial charge on any atom is 0.308 e. The van der Waals surface area contributed by atoms with Gasteiger partial charge in [-0.1, -0.05) is 19.9 Å². The first kappa shape index (κ1) is 25.8. The van der Waals surface area contributed by atoms with E-state index in [2.05, 4.69) is 15.6 Å². The molecule has 9 nitrogen and oxygen atoms in total. The predicted molar refractivity (Wildman–Crippen MR) is 125 cm³/mol. The predicted octanol–water partition coefficient (Wildman–Crippen LogP) is 2.54. The molecule has 4 N–H and O–H groups in total. The standard InChI is InChI=1S/C24H32N4O5/c1-14(2)11-17(21(25)30)22(31)28-19(13-20(29)33-24(3,4)5)23(32)27-16-8-9-18-15(12-16)7-6-10-26-18/h6-10,12,14,17,19H,11,13H2,1-5H3,(H2,25,30)(H,27,32)(H,28,31)/t17-,19-/m0/s1. The van der Waals surface area contributed by atoms with Gasteiger partial charge in [-0.15, -0.1) is 0 Å². The number of hydrogen-bond acceptors (Lipinski definition) is 6. The number of hydrogen-bond donors (Lipinski definition) is 3. The molecule has 0 bridgehead atoms. The lowest BCUT2D eigenvalue weighted by Crippen LogP contribution is -2.50. The number of carbonyl (C=O) groups is 4. The zero-order chi connectivity index (χ0) is 24.8. The van der Waals surface area contributed by atoms with Crippen LogP contribution in [0.5, 0.6) is 0 Å². The number of pyridine rings is 1. The second-order valence-corrected chi connectivity index (χ2v) is 9.34. The number of nitrogens with one attached hydrogen (secondary N) is 2. The Labute approximate surface area is 193 Å². The monoisotopic (exact) mass is 456 g/mol.